The van der Waals surface area contributed by atoms with Crippen LogP contribution in [0.5, 0.6) is 0 Å². The standard InChI is InChI=1S/C52H44N2/c1-37-25-26-39(27-28-41-17-10-13-24-51(41)53(37)43-19-8-5-9-20-43)40-29-31-44(32-30-40)54(45-21-14-18-42(35-45)38-15-6-4-7-16-38)46-33-34-48-47-22-11-12-23-49(47)52(2,3)50(48)36-46/h4-27,29-37H,28H2,1-3H3/b26-25-,39-27+. The molecule has 54 heavy (non-hydrogen) atoms. The summed E-state index contributed by atoms with van der Waals surface area (Å²) < 4.78 is 0. The van der Waals surface area contributed by atoms with Gasteiger partial charge in [-0.1, -0.05) is 153 Å². The molecule has 2 heteroatoms. The molecule has 9 rings (SSSR count). The van der Waals surface area contributed by atoms with Crippen LogP contribution in [0.25, 0.3) is 27.8 Å². The minimum atomic E-state index is -0.0923. The number of benzene rings is 7. The summed E-state index contributed by atoms with van der Waals surface area (Å²) in [5.74, 6) is 0. The first-order valence-electron chi connectivity index (χ1n) is 19.1. The lowest BCUT2D eigenvalue weighted by Gasteiger charge is -2.31. The lowest BCUT2D eigenvalue weighted by molar-refractivity contribution is 0.660. The van der Waals surface area contributed by atoms with Crippen molar-refractivity contribution >= 4 is 34.0 Å². The van der Waals surface area contributed by atoms with Crippen molar-refractivity contribution in [1.29, 1.82) is 0 Å². The van der Waals surface area contributed by atoms with Gasteiger partial charge in [0.15, 0.2) is 0 Å². The molecule has 0 bridgehead atoms. The van der Waals surface area contributed by atoms with Crippen molar-refractivity contribution in [2.75, 3.05) is 9.80 Å². The van der Waals surface area contributed by atoms with E-state index in [0.29, 0.717) is 0 Å². The second-order valence-electron chi connectivity index (χ2n) is 15.0. The molecule has 1 atom stereocenters. The number of nitrogens with zero attached hydrogens (tertiary/aromatic N) is 2. The maximum atomic E-state index is 2.45. The first kappa shape index (κ1) is 33.5. The average molecular weight is 697 g/mol. The molecular formula is C52H44N2. The van der Waals surface area contributed by atoms with Crippen molar-refractivity contribution in [2.45, 2.75) is 38.6 Å². The van der Waals surface area contributed by atoms with Crippen LogP contribution >= 0.6 is 0 Å². The van der Waals surface area contributed by atoms with Gasteiger partial charge in [-0.15, -0.1) is 0 Å². The summed E-state index contributed by atoms with van der Waals surface area (Å²) in [6.45, 7) is 6.99. The normalized spacial score (nSPS) is 17.1. The first-order chi connectivity index (χ1) is 26.5. The number of rotatable bonds is 6. The van der Waals surface area contributed by atoms with Gasteiger partial charge in [-0.05, 0) is 118 Å². The van der Waals surface area contributed by atoms with Crippen molar-refractivity contribution in [1.82, 2.24) is 0 Å². The molecule has 7 aromatic carbocycles. The zero-order chi connectivity index (χ0) is 36.6. The molecule has 0 aromatic heterocycles. The second kappa shape index (κ2) is 13.9. The van der Waals surface area contributed by atoms with Crippen molar-refractivity contribution in [2.24, 2.45) is 0 Å². The molecule has 1 unspecified atom stereocenters. The second-order valence-corrected chi connectivity index (χ2v) is 15.0. The Hall–Kier alpha value is -6.38. The van der Waals surface area contributed by atoms with E-state index in [-0.39, 0.29) is 11.5 Å². The van der Waals surface area contributed by atoms with E-state index in [2.05, 4.69) is 225 Å². The van der Waals surface area contributed by atoms with E-state index in [1.807, 2.05) is 0 Å². The smallest absolute Gasteiger partial charge is 0.0497 e. The third-order valence-corrected chi connectivity index (χ3v) is 11.3. The van der Waals surface area contributed by atoms with Crippen molar-refractivity contribution in [3.8, 4) is 22.3 Å². The van der Waals surface area contributed by atoms with Crippen LogP contribution in [-0.2, 0) is 11.8 Å². The van der Waals surface area contributed by atoms with Crippen molar-refractivity contribution < 1.29 is 0 Å². The molecule has 0 N–H and O–H groups in total. The number of fused-ring (bicyclic) bond motifs is 4. The Morgan fingerprint density at radius 2 is 1.19 bits per heavy atom. The minimum Gasteiger partial charge on any atom is -0.335 e. The number of anilines is 5. The summed E-state index contributed by atoms with van der Waals surface area (Å²) in [5.41, 5.74) is 17.3. The molecular weight excluding hydrogens is 653 g/mol. The zero-order valence-corrected chi connectivity index (χ0v) is 31.2. The molecule has 1 aliphatic heterocycles. The largest absolute Gasteiger partial charge is 0.335 e. The van der Waals surface area contributed by atoms with Gasteiger partial charge < -0.3 is 9.80 Å². The number of allylic oxidation sites excluding steroid dienone is 3. The SMILES string of the molecule is CC1/C=C\C(c2ccc(N(c3cccc(-c4ccccc4)c3)c3ccc4c(c3)C(C)(C)c3ccccc3-4)cc2)=C/Cc2ccccc2N1c1ccccc1. The number of hydrogen-bond donors (Lipinski definition) is 0. The fourth-order valence-electron chi connectivity index (χ4n) is 8.47. The van der Waals surface area contributed by atoms with Gasteiger partial charge in [0.2, 0.25) is 0 Å². The van der Waals surface area contributed by atoms with Gasteiger partial charge in [-0.3, -0.25) is 0 Å². The molecule has 0 fully saturated rings. The molecule has 0 saturated heterocycles. The van der Waals surface area contributed by atoms with E-state index in [0.717, 1.165) is 23.5 Å². The van der Waals surface area contributed by atoms with Crippen molar-refractivity contribution in [3.05, 3.63) is 216 Å². The molecule has 7 aromatic rings. The van der Waals surface area contributed by atoms with Crippen LogP contribution < -0.4 is 9.80 Å². The fourth-order valence-corrected chi connectivity index (χ4v) is 8.47. The number of hydrogen-bond acceptors (Lipinski definition) is 2. The zero-order valence-electron chi connectivity index (χ0n) is 31.2. The molecule has 1 aliphatic carbocycles. The van der Waals surface area contributed by atoms with Gasteiger partial charge in [-0.25, -0.2) is 0 Å². The molecule has 1 heterocycles. The lowest BCUT2D eigenvalue weighted by atomic mass is 9.82. The molecule has 2 nitrogen and oxygen atoms in total. The third-order valence-electron chi connectivity index (χ3n) is 11.3. The number of para-hydroxylation sites is 2. The van der Waals surface area contributed by atoms with Crippen LogP contribution in [0.3, 0.4) is 0 Å². The van der Waals surface area contributed by atoms with Gasteiger partial charge >= 0.3 is 0 Å². The summed E-state index contributed by atoms with van der Waals surface area (Å²) in [6, 6.07) is 64.3. The summed E-state index contributed by atoms with van der Waals surface area (Å²) in [6.07, 6.45) is 7.87. The Balaban J connectivity index is 1.12. The third kappa shape index (κ3) is 6.04. The van der Waals surface area contributed by atoms with Crippen LogP contribution in [-0.4, -0.2) is 6.04 Å². The average Bonchev–Trinajstić information content (AvgIpc) is 3.48. The predicted molar refractivity (Wildman–Crippen MR) is 229 cm³/mol. The van der Waals surface area contributed by atoms with Gasteiger partial charge in [0, 0.05) is 39.9 Å². The topological polar surface area (TPSA) is 6.48 Å². The van der Waals surface area contributed by atoms with E-state index in [4.69, 9.17) is 0 Å². The van der Waals surface area contributed by atoms with Crippen LogP contribution in [0, 0.1) is 0 Å². The Bertz CT molecular complexity index is 2510. The van der Waals surface area contributed by atoms with E-state index in [1.54, 1.807) is 0 Å². The highest BCUT2D eigenvalue weighted by Gasteiger charge is 2.35. The van der Waals surface area contributed by atoms with E-state index >= 15 is 0 Å². The molecule has 0 spiro atoms. The van der Waals surface area contributed by atoms with E-state index in [9.17, 15) is 0 Å². The molecule has 0 amide bonds. The summed E-state index contributed by atoms with van der Waals surface area (Å²) in [5, 5.41) is 0. The van der Waals surface area contributed by atoms with Crippen LogP contribution in [0.15, 0.2) is 194 Å². The van der Waals surface area contributed by atoms with Crippen LogP contribution in [0.4, 0.5) is 28.4 Å². The van der Waals surface area contributed by atoms with Crippen LogP contribution in [0.2, 0.25) is 0 Å². The Kier molecular flexibility index (Phi) is 8.60. The van der Waals surface area contributed by atoms with Gasteiger partial charge in [0.1, 0.15) is 0 Å². The van der Waals surface area contributed by atoms with Gasteiger partial charge in [-0.2, -0.15) is 0 Å². The van der Waals surface area contributed by atoms with E-state index in [1.165, 1.54) is 61.5 Å². The van der Waals surface area contributed by atoms with Crippen LogP contribution in [0.1, 0.15) is 43.0 Å². The van der Waals surface area contributed by atoms with Gasteiger partial charge in [0.25, 0.3) is 0 Å². The molecule has 0 saturated carbocycles. The Labute approximate surface area is 320 Å². The maximum Gasteiger partial charge on any atom is 0.0497 e. The summed E-state index contributed by atoms with van der Waals surface area (Å²) in [7, 11) is 0. The van der Waals surface area contributed by atoms with Crippen molar-refractivity contribution in [3.63, 3.8) is 0 Å². The summed E-state index contributed by atoms with van der Waals surface area (Å²) >= 11 is 0. The fraction of sp³-hybridized carbons (Fsp3) is 0.115. The lowest BCUT2D eigenvalue weighted by Crippen LogP contribution is -2.27. The Morgan fingerprint density at radius 1 is 0.537 bits per heavy atom. The highest BCUT2D eigenvalue weighted by Crippen LogP contribution is 2.50. The van der Waals surface area contributed by atoms with Gasteiger partial charge in [0.05, 0.1) is 0 Å². The Morgan fingerprint density at radius 3 is 2.00 bits per heavy atom. The minimum absolute atomic E-state index is 0.0923. The highest BCUT2D eigenvalue weighted by atomic mass is 15.2. The molecule has 262 valence electrons. The first-order valence-corrected chi connectivity index (χ1v) is 19.1. The monoisotopic (exact) mass is 696 g/mol. The summed E-state index contributed by atoms with van der Waals surface area (Å²) in [4.78, 5) is 4.86. The highest BCUT2D eigenvalue weighted by molar-refractivity contribution is 5.87. The maximum absolute atomic E-state index is 2.45. The van der Waals surface area contributed by atoms with E-state index < -0.39 is 0 Å². The quantitative estimate of drug-likeness (QED) is 0.171. The molecule has 0 radical (unpaired) electrons. The predicted octanol–water partition coefficient (Wildman–Crippen LogP) is 13.9. The molecule has 2 aliphatic rings.